The molecule has 0 aromatic heterocycles. The first-order valence-corrected chi connectivity index (χ1v) is 13.1. The van der Waals surface area contributed by atoms with Gasteiger partial charge in [-0.25, -0.2) is 0 Å². The van der Waals surface area contributed by atoms with Gasteiger partial charge in [0.1, 0.15) is 18.3 Å². The summed E-state index contributed by atoms with van der Waals surface area (Å²) in [5.41, 5.74) is -1.62. The minimum atomic E-state index is -1.22. The fourth-order valence-electron chi connectivity index (χ4n) is 7.64. The van der Waals surface area contributed by atoms with Gasteiger partial charge in [-0.1, -0.05) is 20.8 Å². The highest BCUT2D eigenvalue weighted by atomic mass is 16.6. The molecule has 38 heavy (non-hydrogen) atoms. The van der Waals surface area contributed by atoms with Crippen molar-refractivity contribution in [2.75, 3.05) is 6.61 Å². The summed E-state index contributed by atoms with van der Waals surface area (Å²) in [4.78, 5) is 63.1. The van der Waals surface area contributed by atoms with E-state index in [4.69, 9.17) is 23.7 Å². The van der Waals surface area contributed by atoms with E-state index in [1.807, 2.05) is 27.7 Å². The Kier molecular flexibility index (Phi) is 7.04. The van der Waals surface area contributed by atoms with Crippen LogP contribution in [0, 0.1) is 22.7 Å². The van der Waals surface area contributed by atoms with Crippen molar-refractivity contribution in [1.29, 1.82) is 0 Å². The molecule has 1 aliphatic heterocycles. The molecule has 2 saturated carbocycles. The van der Waals surface area contributed by atoms with Crippen LogP contribution in [0.1, 0.15) is 74.7 Å². The van der Waals surface area contributed by atoms with Crippen LogP contribution >= 0.6 is 0 Å². The first kappa shape index (κ1) is 28.3. The van der Waals surface area contributed by atoms with Gasteiger partial charge in [-0.05, 0) is 36.3 Å². The number of carbonyl (C=O) groups excluding carboxylic acids is 5. The zero-order chi connectivity index (χ0) is 28.4. The number of rotatable bonds is 4. The van der Waals surface area contributed by atoms with Crippen LogP contribution in [-0.4, -0.2) is 66.3 Å². The monoisotopic (exact) mass is 534 g/mol. The van der Waals surface area contributed by atoms with Crippen molar-refractivity contribution in [3.8, 4) is 0 Å². The van der Waals surface area contributed by atoms with E-state index < -0.39 is 76.6 Å². The van der Waals surface area contributed by atoms with Gasteiger partial charge < -0.3 is 23.7 Å². The van der Waals surface area contributed by atoms with Gasteiger partial charge in [-0.3, -0.25) is 24.0 Å². The third-order valence-electron chi connectivity index (χ3n) is 9.16. The minimum Gasteiger partial charge on any atom is -0.462 e. The highest BCUT2D eigenvalue weighted by molar-refractivity contribution is 5.91. The highest BCUT2D eigenvalue weighted by Gasteiger charge is 2.74. The van der Waals surface area contributed by atoms with Gasteiger partial charge in [-0.15, -0.1) is 0 Å². The lowest BCUT2D eigenvalue weighted by atomic mass is 9.48. The van der Waals surface area contributed by atoms with Crippen LogP contribution in [0.3, 0.4) is 0 Å². The second-order valence-electron chi connectivity index (χ2n) is 12.0. The predicted molar refractivity (Wildman–Crippen MR) is 131 cm³/mol. The van der Waals surface area contributed by atoms with Gasteiger partial charge >= 0.3 is 23.9 Å². The summed E-state index contributed by atoms with van der Waals surface area (Å²) >= 11 is 0. The molecule has 2 bridgehead atoms. The molecule has 0 unspecified atom stereocenters. The fourth-order valence-corrected chi connectivity index (χ4v) is 7.64. The predicted octanol–water partition coefficient (Wildman–Crippen LogP) is 2.84. The summed E-state index contributed by atoms with van der Waals surface area (Å²) < 4.78 is 29.7. The van der Waals surface area contributed by atoms with Crippen molar-refractivity contribution >= 4 is 29.7 Å². The molecule has 4 aliphatic rings. The van der Waals surface area contributed by atoms with Crippen molar-refractivity contribution in [2.24, 2.45) is 22.7 Å². The van der Waals surface area contributed by atoms with Crippen molar-refractivity contribution in [3.63, 3.8) is 0 Å². The van der Waals surface area contributed by atoms with Crippen LogP contribution in [0.25, 0.3) is 0 Å². The second kappa shape index (κ2) is 9.47. The zero-order valence-electron chi connectivity index (χ0n) is 23.4. The molecule has 3 fully saturated rings. The number of hydrogen-bond donors (Lipinski definition) is 0. The molecule has 1 saturated heterocycles. The summed E-state index contributed by atoms with van der Waals surface area (Å²) in [6.45, 7) is 12.9. The molecule has 0 aromatic carbocycles. The van der Waals surface area contributed by atoms with E-state index in [0.717, 1.165) is 0 Å². The van der Waals surface area contributed by atoms with E-state index in [0.29, 0.717) is 24.0 Å². The van der Waals surface area contributed by atoms with E-state index in [2.05, 4.69) is 0 Å². The normalized spacial score (nSPS) is 39.3. The van der Waals surface area contributed by atoms with E-state index in [9.17, 15) is 24.0 Å². The molecule has 1 heterocycles. The Labute approximate surface area is 222 Å². The Balaban J connectivity index is 2.07. The van der Waals surface area contributed by atoms with Gasteiger partial charge in [0.25, 0.3) is 0 Å². The number of Topliss-reactive ketones (excluding diaryl/α,β-unsaturated/α-hetero) is 1. The summed E-state index contributed by atoms with van der Waals surface area (Å²) in [5, 5.41) is 0. The average molecular weight is 535 g/mol. The van der Waals surface area contributed by atoms with Gasteiger partial charge in [0.05, 0.1) is 6.61 Å². The second-order valence-corrected chi connectivity index (χ2v) is 12.0. The van der Waals surface area contributed by atoms with Crippen LogP contribution in [0.5, 0.6) is 0 Å². The van der Waals surface area contributed by atoms with Gasteiger partial charge in [-0.2, -0.15) is 0 Å². The number of fused-ring (bicyclic) bond motifs is 4. The van der Waals surface area contributed by atoms with Crippen molar-refractivity contribution in [3.05, 3.63) is 11.1 Å². The van der Waals surface area contributed by atoms with Crippen molar-refractivity contribution < 1.29 is 47.7 Å². The Morgan fingerprint density at radius 1 is 0.868 bits per heavy atom. The average Bonchev–Trinajstić information content (AvgIpc) is 3.55. The minimum absolute atomic E-state index is 0.0968. The molecule has 1 spiro atoms. The van der Waals surface area contributed by atoms with Gasteiger partial charge in [0.15, 0.2) is 17.5 Å². The SMILES string of the molecule is CC(=O)O[C@@H]1[C@@H]2C[C@H](OC(C)=O)C(C)=C([C@@H](OC(C)=O)[C@H](OC(C)=O)[C@]3(C)CCC(=O)[C@@]4(CO4)[C@@H]13)C2(C)C. The molecule has 10 nitrogen and oxygen atoms in total. The Morgan fingerprint density at radius 3 is 1.92 bits per heavy atom. The molecule has 0 aromatic rings. The number of ketones is 1. The lowest BCUT2D eigenvalue weighted by Gasteiger charge is -2.60. The Bertz CT molecular complexity index is 1100. The highest BCUT2D eigenvalue weighted by Crippen LogP contribution is 2.64. The van der Waals surface area contributed by atoms with Crippen molar-refractivity contribution in [2.45, 2.75) is 105 Å². The van der Waals surface area contributed by atoms with Crippen LogP contribution in [-0.2, 0) is 47.7 Å². The number of ether oxygens (including phenoxy) is 5. The first-order chi connectivity index (χ1) is 17.6. The zero-order valence-corrected chi connectivity index (χ0v) is 23.4. The number of carbonyl (C=O) groups is 5. The molecular formula is C28H38O10. The summed E-state index contributed by atoms with van der Waals surface area (Å²) in [7, 11) is 0. The quantitative estimate of drug-likeness (QED) is 0.229. The molecule has 10 heteroatoms. The number of epoxide rings is 1. The Hall–Kier alpha value is -2.75. The maximum atomic E-state index is 13.4. The number of esters is 4. The molecule has 8 atom stereocenters. The van der Waals surface area contributed by atoms with Crippen LogP contribution < -0.4 is 0 Å². The molecule has 0 N–H and O–H groups in total. The first-order valence-electron chi connectivity index (χ1n) is 13.1. The maximum Gasteiger partial charge on any atom is 0.303 e. The third-order valence-corrected chi connectivity index (χ3v) is 9.16. The van der Waals surface area contributed by atoms with Crippen LogP contribution in [0.15, 0.2) is 11.1 Å². The lowest BCUT2D eigenvalue weighted by Crippen LogP contribution is -2.67. The summed E-state index contributed by atoms with van der Waals surface area (Å²) in [6, 6.07) is 0. The van der Waals surface area contributed by atoms with E-state index in [1.54, 1.807) is 0 Å². The largest absolute Gasteiger partial charge is 0.462 e. The van der Waals surface area contributed by atoms with Crippen molar-refractivity contribution in [1.82, 2.24) is 0 Å². The molecule has 3 aliphatic carbocycles. The smallest absolute Gasteiger partial charge is 0.303 e. The van der Waals surface area contributed by atoms with Crippen LogP contribution in [0.4, 0.5) is 0 Å². The maximum absolute atomic E-state index is 13.4. The Morgan fingerprint density at radius 2 is 1.42 bits per heavy atom. The summed E-state index contributed by atoms with van der Waals surface area (Å²) in [5.74, 6) is -3.42. The molecule has 0 radical (unpaired) electrons. The number of hydrogen-bond acceptors (Lipinski definition) is 10. The van der Waals surface area contributed by atoms with Gasteiger partial charge in [0, 0.05) is 51.4 Å². The third kappa shape index (κ3) is 4.44. The van der Waals surface area contributed by atoms with E-state index in [1.165, 1.54) is 27.7 Å². The van der Waals surface area contributed by atoms with Gasteiger partial charge in [0.2, 0.25) is 0 Å². The lowest BCUT2D eigenvalue weighted by molar-refractivity contribution is -0.215. The van der Waals surface area contributed by atoms with E-state index >= 15 is 0 Å². The molecule has 4 rings (SSSR count). The topological polar surface area (TPSA) is 135 Å². The molecular weight excluding hydrogens is 496 g/mol. The molecule has 210 valence electrons. The van der Waals surface area contributed by atoms with E-state index in [-0.39, 0.29) is 18.8 Å². The standard InChI is InChI=1S/C28H38O10/c1-13-19(35-14(2)29)11-18-22(36-15(3)30)24-27(8,10-9-20(33)28(24)12-34-28)25(38-17(5)32)23(37-16(4)31)21(13)26(18,6)7/h18-19,22-25H,9-12H2,1-8H3/t18-,19-,22+,23+,24-,25-,27+,28-/m0/s1. The summed E-state index contributed by atoms with van der Waals surface area (Å²) in [6.07, 6.45) is -2.79. The molecule has 0 amide bonds. The fraction of sp³-hybridized carbons (Fsp3) is 0.750. The van der Waals surface area contributed by atoms with Crippen LogP contribution in [0.2, 0.25) is 0 Å².